The summed E-state index contributed by atoms with van der Waals surface area (Å²) in [6, 6.07) is 4.65. The minimum Gasteiger partial charge on any atom is -0.452 e. The Balaban J connectivity index is 1.61. The highest BCUT2D eigenvalue weighted by atomic mass is 32.1. The van der Waals surface area contributed by atoms with E-state index >= 15 is 0 Å². The maximum Gasteiger partial charge on any atom is 0.418 e. The first-order chi connectivity index (χ1) is 12.8. The predicted molar refractivity (Wildman–Crippen MR) is 95.9 cm³/mol. The second-order valence-corrected chi connectivity index (χ2v) is 7.53. The number of fused-ring (bicyclic) bond motifs is 1. The van der Waals surface area contributed by atoms with Crippen molar-refractivity contribution < 1.29 is 27.5 Å². The number of carbonyl (C=O) groups excluding carboxylic acids is 2. The summed E-state index contributed by atoms with van der Waals surface area (Å²) in [7, 11) is 0. The number of hydrogen-bond acceptors (Lipinski definition) is 4. The van der Waals surface area contributed by atoms with Crippen molar-refractivity contribution in [2.75, 3.05) is 11.9 Å². The average Bonchev–Trinajstić information content (AvgIpc) is 3.02. The van der Waals surface area contributed by atoms with Crippen LogP contribution in [0, 0.1) is 5.92 Å². The third-order valence-corrected chi connectivity index (χ3v) is 5.51. The van der Waals surface area contributed by atoms with E-state index in [1.54, 1.807) is 5.38 Å². The van der Waals surface area contributed by atoms with E-state index in [1.807, 2.05) is 0 Å². The molecule has 1 aliphatic rings. The quantitative estimate of drug-likeness (QED) is 0.762. The maximum absolute atomic E-state index is 13.0. The number of halogens is 3. The first kappa shape index (κ1) is 19.4. The fraction of sp³-hybridized carbons (Fsp3) is 0.368. The van der Waals surface area contributed by atoms with E-state index in [2.05, 4.69) is 12.2 Å². The summed E-state index contributed by atoms with van der Waals surface area (Å²) in [5, 5.41) is 3.88. The van der Waals surface area contributed by atoms with Crippen LogP contribution in [-0.2, 0) is 28.5 Å². The van der Waals surface area contributed by atoms with Crippen LogP contribution in [0.1, 0.15) is 39.7 Å². The van der Waals surface area contributed by atoms with Gasteiger partial charge in [0.2, 0.25) is 0 Å². The average molecular weight is 397 g/mol. The van der Waals surface area contributed by atoms with E-state index < -0.39 is 30.2 Å². The highest BCUT2D eigenvalue weighted by Gasteiger charge is 2.33. The highest BCUT2D eigenvalue weighted by molar-refractivity contribution is 7.10. The molecule has 3 rings (SSSR count). The maximum atomic E-state index is 13.0. The Bertz CT molecular complexity index is 860. The zero-order chi connectivity index (χ0) is 19.6. The number of benzene rings is 1. The van der Waals surface area contributed by atoms with Crippen LogP contribution in [0.15, 0.2) is 29.6 Å². The molecule has 2 aromatic rings. The molecule has 8 heteroatoms. The first-order valence-electron chi connectivity index (χ1n) is 8.48. The monoisotopic (exact) mass is 397 g/mol. The zero-order valence-electron chi connectivity index (χ0n) is 14.6. The van der Waals surface area contributed by atoms with E-state index in [1.165, 1.54) is 23.5 Å². The Morgan fingerprint density at radius 2 is 2.04 bits per heavy atom. The van der Waals surface area contributed by atoms with Crippen molar-refractivity contribution in [1.29, 1.82) is 0 Å². The molecule has 27 heavy (non-hydrogen) atoms. The Hall–Kier alpha value is -2.35. The minimum atomic E-state index is -4.59. The molecule has 0 saturated carbocycles. The molecule has 1 amide bonds. The molecule has 1 N–H and O–H groups in total. The number of alkyl halides is 3. The molecule has 0 bridgehead atoms. The van der Waals surface area contributed by atoms with Gasteiger partial charge in [0.15, 0.2) is 6.61 Å². The van der Waals surface area contributed by atoms with Crippen molar-refractivity contribution >= 4 is 28.9 Å². The second-order valence-electron chi connectivity index (χ2n) is 6.57. The molecule has 1 heterocycles. The molecule has 1 aromatic heterocycles. The number of rotatable bonds is 4. The van der Waals surface area contributed by atoms with Crippen LogP contribution >= 0.6 is 11.3 Å². The van der Waals surface area contributed by atoms with Gasteiger partial charge < -0.3 is 10.1 Å². The lowest BCUT2D eigenvalue weighted by molar-refractivity contribution is -0.137. The number of nitrogens with one attached hydrogen (secondary N) is 1. The van der Waals surface area contributed by atoms with Gasteiger partial charge in [0, 0.05) is 10.3 Å². The predicted octanol–water partition coefficient (Wildman–Crippen LogP) is 4.69. The smallest absolute Gasteiger partial charge is 0.418 e. The van der Waals surface area contributed by atoms with Gasteiger partial charge in [0.05, 0.1) is 16.8 Å². The Kier molecular flexibility index (Phi) is 5.55. The van der Waals surface area contributed by atoms with Crippen LogP contribution in [0.4, 0.5) is 18.9 Å². The van der Waals surface area contributed by atoms with Crippen LogP contribution in [0.2, 0.25) is 0 Å². The number of anilines is 1. The lowest BCUT2D eigenvalue weighted by Gasteiger charge is -2.18. The normalized spacial score (nSPS) is 16.5. The fourth-order valence-electron chi connectivity index (χ4n) is 3.08. The second kappa shape index (κ2) is 7.72. The topological polar surface area (TPSA) is 55.4 Å². The van der Waals surface area contributed by atoms with Gasteiger partial charge in [-0.15, -0.1) is 11.3 Å². The number of hydrogen-bond donors (Lipinski definition) is 1. The molecule has 0 aliphatic heterocycles. The number of ether oxygens (including phenoxy) is 1. The first-order valence-corrected chi connectivity index (χ1v) is 9.36. The number of para-hydroxylation sites is 1. The SMILES string of the molecule is CC1CCc2c(C(=O)OCC(=O)Nc3ccccc3C(F)(F)F)csc2C1. The van der Waals surface area contributed by atoms with Gasteiger partial charge in [-0.3, -0.25) is 4.79 Å². The Morgan fingerprint density at radius 1 is 1.30 bits per heavy atom. The molecule has 1 atom stereocenters. The van der Waals surface area contributed by atoms with E-state index in [-0.39, 0.29) is 5.69 Å². The van der Waals surface area contributed by atoms with Crippen molar-refractivity contribution in [2.24, 2.45) is 5.92 Å². The van der Waals surface area contributed by atoms with Crippen molar-refractivity contribution in [2.45, 2.75) is 32.4 Å². The molecular formula is C19H18F3NO3S. The largest absolute Gasteiger partial charge is 0.452 e. The van der Waals surface area contributed by atoms with Gasteiger partial charge >= 0.3 is 12.1 Å². The Morgan fingerprint density at radius 3 is 2.78 bits per heavy atom. The molecule has 144 valence electrons. The molecular weight excluding hydrogens is 379 g/mol. The van der Waals surface area contributed by atoms with Crippen molar-refractivity contribution in [1.82, 2.24) is 0 Å². The number of thiophene rings is 1. The lowest BCUT2D eigenvalue weighted by atomic mass is 9.88. The summed E-state index contributed by atoms with van der Waals surface area (Å²) in [6.07, 6.45) is -1.90. The number of amides is 1. The molecule has 1 aromatic carbocycles. The molecule has 0 fully saturated rings. The van der Waals surface area contributed by atoms with E-state index in [9.17, 15) is 22.8 Å². The molecule has 1 unspecified atom stereocenters. The number of esters is 1. The van der Waals surface area contributed by atoms with E-state index in [0.717, 1.165) is 41.8 Å². The molecule has 4 nitrogen and oxygen atoms in total. The third kappa shape index (κ3) is 4.50. The summed E-state index contributed by atoms with van der Waals surface area (Å²) in [6.45, 7) is 1.51. The van der Waals surface area contributed by atoms with E-state index in [0.29, 0.717) is 11.5 Å². The standard InChI is InChI=1S/C19H18F3NO3S/c1-11-6-7-12-13(10-27-16(12)8-11)18(25)26-9-17(24)23-15-5-3-2-4-14(15)19(20,21)22/h2-5,10-11H,6-9H2,1H3,(H,23,24). The zero-order valence-corrected chi connectivity index (χ0v) is 15.4. The Labute approximate surface area is 158 Å². The van der Waals surface area contributed by atoms with Gasteiger partial charge in [0.25, 0.3) is 5.91 Å². The summed E-state index contributed by atoms with van der Waals surface area (Å²) < 4.78 is 43.9. The minimum absolute atomic E-state index is 0.368. The van der Waals surface area contributed by atoms with E-state index in [4.69, 9.17) is 4.74 Å². The van der Waals surface area contributed by atoms with Gasteiger partial charge in [-0.2, -0.15) is 13.2 Å². The van der Waals surface area contributed by atoms with Gasteiger partial charge in [-0.25, -0.2) is 4.79 Å². The van der Waals surface area contributed by atoms with Gasteiger partial charge in [-0.05, 0) is 42.9 Å². The van der Waals surface area contributed by atoms with Crippen molar-refractivity contribution in [3.63, 3.8) is 0 Å². The molecule has 1 aliphatic carbocycles. The summed E-state index contributed by atoms with van der Waals surface area (Å²) in [5.41, 5.74) is 0.0926. The summed E-state index contributed by atoms with van der Waals surface area (Å²) >= 11 is 1.50. The fourth-order valence-corrected chi connectivity index (χ4v) is 4.32. The van der Waals surface area contributed by atoms with Crippen LogP contribution in [0.3, 0.4) is 0 Å². The van der Waals surface area contributed by atoms with Crippen molar-refractivity contribution in [3.8, 4) is 0 Å². The molecule has 0 saturated heterocycles. The van der Waals surface area contributed by atoms with Crippen LogP contribution in [0.25, 0.3) is 0 Å². The van der Waals surface area contributed by atoms with Crippen LogP contribution in [0.5, 0.6) is 0 Å². The molecule has 0 radical (unpaired) electrons. The highest BCUT2D eigenvalue weighted by Crippen LogP contribution is 2.35. The summed E-state index contributed by atoms with van der Waals surface area (Å²) in [5.74, 6) is -0.876. The lowest BCUT2D eigenvalue weighted by Crippen LogP contribution is -2.23. The van der Waals surface area contributed by atoms with Crippen LogP contribution < -0.4 is 5.32 Å². The molecule has 0 spiro atoms. The van der Waals surface area contributed by atoms with Crippen LogP contribution in [-0.4, -0.2) is 18.5 Å². The van der Waals surface area contributed by atoms with Crippen molar-refractivity contribution in [3.05, 3.63) is 51.2 Å². The van der Waals surface area contributed by atoms with Gasteiger partial charge in [0.1, 0.15) is 0 Å². The van der Waals surface area contributed by atoms with Gasteiger partial charge in [-0.1, -0.05) is 19.1 Å². The number of carbonyl (C=O) groups is 2. The third-order valence-electron chi connectivity index (χ3n) is 4.46. The summed E-state index contributed by atoms with van der Waals surface area (Å²) in [4.78, 5) is 25.4.